The van der Waals surface area contributed by atoms with Gasteiger partial charge in [-0.15, -0.1) is 0 Å². The second-order valence-corrected chi connectivity index (χ2v) is 10.4. The van der Waals surface area contributed by atoms with E-state index in [1.54, 1.807) is 45.0 Å². The number of nitrogens with one attached hydrogen (secondary N) is 3. The fraction of sp³-hybridized carbons (Fsp3) is 0.333. The van der Waals surface area contributed by atoms with Crippen LogP contribution in [-0.4, -0.2) is 25.8 Å². The van der Waals surface area contributed by atoms with Gasteiger partial charge in [-0.2, -0.15) is 0 Å². The monoisotopic (exact) mass is 449 g/mol. The minimum Gasteiger partial charge on any atom is -0.326 e. The van der Waals surface area contributed by atoms with Crippen molar-refractivity contribution in [2.24, 2.45) is 5.92 Å². The Morgan fingerprint density at radius 2 is 1.63 bits per heavy atom. The first-order chi connectivity index (χ1) is 13.9. The van der Waals surface area contributed by atoms with Crippen molar-refractivity contribution in [3.8, 4) is 0 Å². The summed E-state index contributed by atoms with van der Waals surface area (Å²) >= 11 is 6.08. The first kappa shape index (κ1) is 22.3. The van der Waals surface area contributed by atoms with Crippen LogP contribution in [0.15, 0.2) is 47.4 Å². The molecule has 160 valence electrons. The first-order valence-electron chi connectivity index (χ1n) is 9.50. The summed E-state index contributed by atoms with van der Waals surface area (Å²) in [6.07, 6.45) is 1.79. The molecule has 0 aliphatic heterocycles. The summed E-state index contributed by atoms with van der Waals surface area (Å²) in [4.78, 5) is 24.4. The third-order valence-electron chi connectivity index (χ3n) is 4.26. The van der Waals surface area contributed by atoms with Crippen LogP contribution in [0.1, 0.15) is 44.0 Å². The van der Waals surface area contributed by atoms with Crippen molar-refractivity contribution < 1.29 is 18.0 Å². The molecule has 0 radical (unpaired) electrons. The molecule has 0 unspecified atom stereocenters. The average Bonchev–Trinajstić information content (AvgIpc) is 3.45. The topological polar surface area (TPSA) is 104 Å². The first-order valence-corrected chi connectivity index (χ1v) is 11.4. The Hall–Kier alpha value is -2.42. The van der Waals surface area contributed by atoms with Gasteiger partial charge in [0, 0.05) is 28.4 Å². The van der Waals surface area contributed by atoms with Gasteiger partial charge >= 0.3 is 0 Å². The summed E-state index contributed by atoms with van der Waals surface area (Å²) in [5.41, 5.74) is 0.492. The molecule has 1 fully saturated rings. The number of anilines is 2. The van der Waals surface area contributed by atoms with Gasteiger partial charge in [-0.05, 0) is 70.0 Å². The molecule has 3 N–H and O–H groups in total. The van der Waals surface area contributed by atoms with Gasteiger partial charge in [0.15, 0.2) is 0 Å². The number of rotatable bonds is 6. The van der Waals surface area contributed by atoms with E-state index in [9.17, 15) is 18.0 Å². The smallest absolute Gasteiger partial charge is 0.255 e. The van der Waals surface area contributed by atoms with Crippen LogP contribution in [0.4, 0.5) is 11.4 Å². The lowest BCUT2D eigenvalue weighted by molar-refractivity contribution is -0.117. The summed E-state index contributed by atoms with van der Waals surface area (Å²) in [6.45, 7) is 5.14. The van der Waals surface area contributed by atoms with Crippen molar-refractivity contribution in [1.29, 1.82) is 0 Å². The number of halogens is 1. The number of hydrogen-bond donors (Lipinski definition) is 3. The Morgan fingerprint density at radius 3 is 2.23 bits per heavy atom. The van der Waals surface area contributed by atoms with Crippen molar-refractivity contribution in [3.63, 3.8) is 0 Å². The van der Waals surface area contributed by atoms with Crippen molar-refractivity contribution in [2.45, 2.75) is 44.0 Å². The summed E-state index contributed by atoms with van der Waals surface area (Å²) < 4.78 is 27.8. The lowest BCUT2D eigenvalue weighted by Gasteiger charge is -2.21. The predicted octanol–water partition coefficient (Wildman–Crippen LogP) is 4.02. The van der Waals surface area contributed by atoms with E-state index < -0.39 is 21.5 Å². The van der Waals surface area contributed by atoms with Crippen LogP contribution >= 0.6 is 11.6 Å². The number of benzene rings is 2. The zero-order chi connectivity index (χ0) is 22.1. The third-order valence-corrected chi connectivity index (χ3v) is 6.50. The van der Waals surface area contributed by atoms with E-state index in [1.807, 2.05) is 0 Å². The van der Waals surface area contributed by atoms with Gasteiger partial charge < -0.3 is 10.6 Å². The largest absolute Gasteiger partial charge is 0.326 e. The molecule has 0 saturated heterocycles. The molecule has 9 heteroatoms. The second-order valence-electron chi connectivity index (χ2n) is 8.30. The number of carbonyl (C=O) groups is 2. The molecule has 0 bridgehead atoms. The van der Waals surface area contributed by atoms with E-state index in [2.05, 4.69) is 15.4 Å². The number of sulfonamides is 1. The minimum atomic E-state index is -3.91. The Kier molecular flexibility index (Phi) is 6.21. The van der Waals surface area contributed by atoms with E-state index in [-0.39, 0.29) is 27.3 Å². The quantitative estimate of drug-likeness (QED) is 0.619. The van der Waals surface area contributed by atoms with E-state index in [0.29, 0.717) is 11.4 Å². The van der Waals surface area contributed by atoms with Gasteiger partial charge in [0.2, 0.25) is 15.9 Å². The van der Waals surface area contributed by atoms with Crippen molar-refractivity contribution in [2.75, 3.05) is 10.6 Å². The van der Waals surface area contributed by atoms with E-state index in [1.165, 1.54) is 18.2 Å². The average molecular weight is 450 g/mol. The van der Waals surface area contributed by atoms with E-state index in [4.69, 9.17) is 11.6 Å². The lowest BCUT2D eigenvalue weighted by Crippen LogP contribution is -2.40. The fourth-order valence-electron chi connectivity index (χ4n) is 2.78. The highest BCUT2D eigenvalue weighted by atomic mass is 35.5. The van der Waals surface area contributed by atoms with Gasteiger partial charge in [-0.3, -0.25) is 9.59 Å². The molecule has 0 atom stereocenters. The molecule has 1 saturated carbocycles. The molecule has 0 spiro atoms. The molecular weight excluding hydrogens is 426 g/mol. The summed E-state index contributed by atoms with van der Waals surface area (Å²) in [5.74, 6) is -0.457. The fourth-order valence-corrected chi connectivity index (χ4v) is 4.72. The van der Waals surface area contributed by atoms with Crippen LogP contribution in [0.2, 0.25) is 5.02 Å². The van der Waals surface area contributed by atoms with Gasteiger partial charge in [-0.25, -0.2) is 13.1 Å². The SMILES string of the molecule is CC(C)(C)NS(=O)(=O)c1cc(C(=O)Nc2cccc(NC(=O)C3CC3)c2)ccc1Cl. The van der Waals surface area contributed by atoms with Crippen LogP contribution in [0.3, 0.4) is 0 Å². The number of hydrogen-bond acceptors (Lipinski definition) is 4. The number of carbonyl (C=O) groups excluding carboxylic acids is 2. The van der Waals surface area contributed by atoms with Crippen LogP contribution in [0, 0.1) is 5.92 Å². The molecule has 2 aromatic carbocycles. The molecule has 0 aromatic heterocycles. The zero-order valence-electron chi connectivity index (χ0n) is 17.0. The Bertz CT molecular complexity index is 1090. The Labute approximate surface area is 181 Å². The lowest BCUT2D eigenvalue weighted by atomic mass is 10.1. The van der Waals surface area contributed by atoms with Crippen LogP contribution in [0.5, 0.6) is 0 Å². The maximum absolute atomic E-state index is 12.7. The standard InChI is InChI=1S/C21H24ClN3O4S/c1-21(2,3)25-30(28,29)18-11-14(9-10-17(18)22)20(27)24-16-6-4-5-15(12-16)23-19(26)13-7-8-13/h4-6,9-13,25H,7-8H2,1-3H3,(H,23,26)(H,24,27). The molecule has 1 aliphatic rings. The van der Waals surface area contributed by atoms with Gasteiger partial charge in [0.05, 0.1) is 5.02 Å². The third kappa shape index (κ3) is 5.81. The van der Waals surface area contributed by atoms with Gasteiger partial charge in [0.25, 0.3) is 5.91 Å². The van der Waals surface area contributed by atoms with Gasteiger partial charge in [-0.1, -0.05) is 17.7 Å². The van der Waals surface area contributed by atoms with Crippen molar-refractivity contribution in [1.82, 2.24) is 4.72 Å². The molecule has 2 amide bonds. The number of amides is 2. The highest BCUT2D eigenvalue weighted by Crippen LogP contribution is 2.30. The van der Waals surface area contributed by atoms with Crippen LogP contribution in [-0.2, 0) is 14.8 Å². The van der Waals surface area contributed by atoms with Crippen LogP contribution < -0.4 is 15.4 Å². The highest BCUT2D eigenvalue weighted by Gasteiger charge is 2.29. The maximum atomic E-state index is 12.7. The van der Waals surface area contributed by atoms with Crippen molar-refractivity contribution in [3.05, 3.63) is 53.1 Å². The summed E-state index contributed by atoms with van der Waals surface area (Å²) in [7, 11) is -3.91. The molecule has 0 heterocycles. The zero-order valence-corrected chi connectivity index (χ0v) is 18.5. The van der Waals surface area contributed by atoms with Crippen molar-refractivity contribution >= 4 is 44.8 Å². The molecular formula is C21H24ClN3O4S. The minimum absolute atomic E-state index is 0.0214. The van der Waals surface area contributed by atoms with Gasteiger partial charge in [0.1, 0.15) is 4.90 Å². The normalized spacial score (nSPS) is 14.3. The molecule has 30 heavy (non-hydrogen) atoms. The summed E-state index contributed by atoms with van der Waals surface area (Å²) in [6, 6.07) is 10.8. The molecule has 2 aromatic rings. The van der Waals surface area contributed by atoms with Crippen LogP contribution in [0.25, 0.3) is 0 Å². The van der Waals surface area contributed by atoms with E-state index >= 15 is 0 Å². The predicted molar refractivity (Wildman–Crippen MR) is 117 cm³/mol. The molecule has 7 nitrogen and oxygen atoms in total. The molecule has 1 aliphatic carbocycles. The summed E-state index contributed by atoms with van der Waals surface area (Å²) in [5, 5.41) is 5.56. The highest BCUT2D eigenvalue weighted by molar-refractivity contribution is 7.89. The maximum Gasteiger partial charge on any atom is 0.255 e. The Balaban J connectivity index is 1.78. The Morgan fingerprint density at radius 1 is 1.00 bits per heavy atom. The second kappa shape index (κ2) is 8.37. The van der Waals surface area contributed by atoms with E-state index in [0.717, 1.165) is 12.8 Å². The molecule has 3 rings (SSSR count).